The largest absolute Gasteiger partial charge is 0.144 e. The summed E-state index contributed by atoms with van der Waals surface area (Å²) >= 11 is 4.38. The maximum Gasteiger partial charge on any atom is 0.000339 e. The van der Waals surface area contributed by atoms with E-state index in [-0.39, 0.29) is 0 Å². The maximum atomic E-state index is 4.38. The highest BCUT2D eigenvalue weighted by molar-refractivity contribution is 7.84. The highest BCUT2D eigenvalue weighted by Gasteiger charge is 2.01. The number of rotatable bonds is 6. The molecule has 0 atom stereocenters. The zero-order valence-corrected chi connectivity index (χ0v) is 13.6. The molecule has 1 heteroatoms. The molecule has 0 heterocycles. The fourth-order valence-electron chi connectivity index (χ4n) is 1.83. The third-order valence-electron chi connectivity index (χ3n) is 2.97. The smallest absolute Gasteiger partial charge is 0.000339 e. The first kappa shape index (κ1) is 17.1. The van der Waals surface area contributed by atoms with Crippen molar-refractivity contribution in [3.05, 3.63) is 102 Å². The molecule has 0 aromatic heterocycles. The van der Waals surface area contributed by atoms with Crippen LogP contribution >= 0.6 is 12.6 Å². The molecule has 0 aliphatic carbocycles. The molecule has 0 fully saturated rings. The van der Waals surface area contributed by atoms with E-state index < -0.39 is 0 Å². The monoisotopic (exact) mass is 294 g/mol. The standard InChI is InChI=1S/C20H22S/c1-5-11-19(18-12-9-8-10-13-18)14-16(4)17(6-2)15-20(21)7-3/h5-15,21H,2,4H2,1,3H3/b11-5-,17-15+,19-14+,20-7+. The van der Waals surface area contributed by atoms with Crippen molar-refractivity contribution < 1.29 is 0 Å². The molecular weight excluding hydrogens is 272 g/mol. The molecule has 1 aromatic carbocycles. The first-order valence-electron chi connectivity index (χ1n) is 6.90. The van der Waals surface area contributed by atoms with Crippen molar-refractivity contribution in [2.45, 2.75) is 13.8 Å². The molecule has 1 aromatic rings. The second-order valence-electron chi connectivity index (χ2n) is 4.51. The van der Waals surface area contributed by atoms with Gasteiger partial charge in [0.2, 0.25) is 0 Å². The molecule has 0 unspecified atom stereocenters. The summed E-state index contributed by atoms with van der Waals surface area (Å²) in [5.41, 5.74) is 4.17. The zero-order chi connectivity index (χ0) is 15.7. The molecule has 0 aliphatic rings. The fourth-order valence-corrected chi connectivity index (χ4v) is 1.97. The van der Waals surface area contributed by atoms with Gasteiger partial charge in [-0.1, -0.05) is 67.8 Å². The minimum atomic E-state index is 0.895. The Morgan fingerprint density at radius 3 is 2.29 bits per heavy atom. The predicted octanol–water partition coefficient (Wildman–Crippen LogP) is 6.15. The number of hydrogen-bond acceptors (Lipinski definition) is 1. The Bertz CT molecular complexity index is 610. The summed E-state index contributed by atoms with van der Waals surface area (Å²) in [4.78, 5) is 0.895. The van der Waals surface area contributed by atoms with E-state index in [1.165, 1.54) is 0 Å². The van der Waals surface area contributed by atoms with Crippen LogP contribution in [0.4, 0.5) is 0 Å². The summed E-state index contributed by atoms with van der Waals surface area (Å²) in [5, 5.41) is 0. The highest BCUT2D eigenvalue weighted by Crippen LogP contribution is 2.22. The molecule has 0 amide bonds. The van der Waals surface area contributed by atoms with Crippen molar-refractivity contribution in [3.8, 4) is 0 Å². The normalized spacial score (nSPS) is 13.6. The highest BCUT2D eigenvalue weighted by atomic mass is 32.1. The van der Waals surface area contributed by atoms with Crippen LogP contribution in [0.25, 0.3) is 5.57 Å². The molecule has 0 spiro atoms. The number of benzene rings is 1. The lowest BCUT2D eigenvalue weighted by Crippen LogP contribution is -1.86. The van der Waals surface area contributed by atoms with E-state index in [1.807, 2.05) is 50.3 Å². The van der Waals surface area contributed by atoms with Crippen molar-refractivity contribution >= 4 is 18.2 Å². The van der Waals surface area contributed by atoms with Gasteiger partial charge < -0.3 is 0 Å². The van der Waals surface area contributed by atoms with Gasteiger partial charge in [-0.25, -0.2) is 0 Å². The van der Waals surface area contributed by atoms with E-state index in [0.717, 1.165) is 27.2 Å². The number of allylic oxidation sites excluding steroid dienone is 9. The van der Waals surface area contributed by atoms with Crippen LogP contribution in [-0.4, -0.2) is 0 Å². The molecule has 0 N–H and O–H groups in total. The van der Waals surface area contributed by atoms with Crippen LogP contribution in [0.1, 0.15) is 19.4 Å². The summed E-state index contributed by atoms with van der Waals surface area (Å²) < 4.78 is 0. The summed E-state index contributed by atoms with van der Waals surface area (Å²) in [5.74, 6) is 0. The molecule has 0 bridgehead atoms. The lowest BCUT2D eigenvalue weighted by atomic mass is 9.99. The molecule has 1 rings (SSSR count). The van der Waals surface area contributed by atoms with Crippen molar-refractivity contribution in [3.63, 3.8) is 0 Å². The molecule has 0 saturated carbocycles. The Balaban J connectivity index is 3.19. The summed E-state index contributed by atoms with van der Waals surface area (Å²) in [6, 6.07) is 10.3. The van der Waals surface area contributed by atoms with Gasteiger partial charge in [-0.15, -0.1) is 12.6 Å². The van der Waals surface area contributed by atoms with E-state index in [4.69, 9.17) is 0 Å². The molecular formula is C20H22S. The van der Waals surface area contributed by atoms with Crippen LogP contribution in [0.5, 0.6) is 0 Å². The number of hydrogen-bond donors (Lipinski definition) is 1. The van der Waals surface area contributed by atoms with Crippen LogP contribution in [0, 0.1) is 0 Å². The van der Waals surface area contributed by atoms with E-state index in [2.05, 4.69) is 50.1 Å². The van der Waals surface area contributed by atoms with Crippen LogP contribution in [0.3, 0.4) is 0 Å². The van der Waals surface area contributed by atoms with Crippen LogP contribution in [0.2, 0.25) is 0 Å². The van der Waals surface area contributed by atoms with Gasteiger partial charge in [0.1, 0.15) is 0 Å². The quantitative estimate of drug-likeness (QED) is 0.472. The summed E-state index contributed by atoms with van der Waals surface area (Å²) in [6.07, 6.45) is 11.9. The Hall–Kier alpha value is -1.99. The van der Waals surface area contributed by atoms with Gasteiger partial charge in [0, 0.05) is 4.91 Å². The Labute approximate surface area is 134 Å². The van der Waals surface area contributed by atoms with Crippen LogP contribution in [0.15, 0.2) is 96.0 Å². The molecule has 0 saturated heterocycles. The van der Waals surface area contributed by atoms with E-state index in [9.17, 15) is 0 Å². The van der Waals surface area contributed by atoms with Crippen LogP contribution < -0.4 is 0 Å². The van der Waals surface area contributed by atoms with Gasteiger partial charge in [-0.3, -0.25) is 0 Å². The van der Waals surface area contributed by atoms with Gasteiger partial charge >= 0.3 is 0 Å². The molecule has 0 nitrogen and oxygen atoms in total. The zero-order valence-electron chi connectivity index (χ0n) is 12.7. The first-order chi connectivity index (χ1) is 10.1. The Kier molecular flexibility index (Phi) is 7.34. The molecule has 0 radical (unpaired) electrons. The second kappa shape index (κ2) is 9.04. The SMILES string of the molecule is C=C/C(=C\C(S)=C/C)C(=C)/C=C(\C=C/C)c1ccccc1. The van der Waals surface area contributed by atoms with Crippen molar-refractivity contribution in [1.82, 2.24) is 0 Å². The minimum absolute atomic E-state index is 0.895. The minimum Gasteiger partial charge on any atom is -0.144 e. The Morgan fingerprint density at radius 1 is 1.10 bits per heavy atom. The van der Waals surface area contributed by atoms with Gasteiger partial charge in [-0.05, 0) is 48.3 Å². The Morgan fingerprint density at radius 2 is 1.76 bits per heavy atom. The maximum absolute atomic E-state index is 4.38. The van der Waals surface area contributed by atoms with Crippen molar-refractivity contribution in [2.75, 3.05) is 0 Å². The fraction of sp³-hybridized carbons (Fsp3) is 0.100. The first-order valence-corrected chi connectivity index (χ1v) is 7.35. The predicted molar refractivity (Wildman–Crippen MR) is 99.4 cm³/mol. The summed E-state index contributed by atoms with van der Waals surface area (Å²) in [6.45, 7) is 12.0. The van der Waals surface area contributed by atoms with E-state index in [1.54, 1.807) is 6.08 Å². The lowest BCUT2D eigenvalue weighted by Gasteiger charge is -2.07. The van der Waals surface area contributed by atoms with E-state index >= 15 is 0 Å². The third kappa shape index (κ3) is 5.49. The van der Waals surface area contributed by atoms with Crippen molar-refractivity contribution in [1.29, 1.82) is 0 Å². The average molecular weight is 294 g/mol. The van der Waals surface area contributed by atoms with Gasteiger partial charge in [-0.2, -0.15) is 0 Å². The topological polar surface area (TPSA) is 0 Å². The molecule has 21 heavy (non-hydrogen) atoms. The average Bonchev–Trinajstić information content (AvgIpc) is 2.52. The van der Waals surface area contributed by atoms with Gasteiger partial charge in [0.15, 0.2) is 0 Å². The van der Waals surface area contributed by atoms with Crippen LogP contribution in [-0.2, 0) is 0 Å². The van der Waals surface area contributed by atoms with Crippen molar-refractivity contribution in [2.24, 2.45) is 0 Å². The number of thiol groups is 1. The van der Waals surface area contributed by atoms with E-state index in [0.29, 0.717) is 0 Å². The van der Waals surface area contributed by atoms with Gasteiger partial charge in [0.05, 0.1) is 0 Å². The molecule has 108 valence electrons. The van der Waals surface area contributed by atoms with Gasteiger partial charge in [0.25, 0.3) is 0 Å². The summed E-state index contributed by atoms with van der Waals surface area (Å²) in [7, 11) is 0. The third-order valence-corrected chi connectivity index (χ3v) is 3.36. The second-order valence-corrected chi connectivity index (χ2v) is 5.02. The molecule has 0 aliphatic heterocycles. The lowest BCUT2D eigenvalue weighted by molar-refractivity contribution is 1.54.